The fourth-order valence-corrected chi connectivity index (χ4v) is 8.71. The molecule has 21 nitrogen and oxygen atoms in total. The topological polar surface area (TPSA) is 351 Å². The third-order valence-electron chi connectivity index (χ3n) is 10.1. The lowest BCUT2D eigenvalue weighted by molar-refractivity contribution is 0.104. The van der Waals surface area contributed by atoms with Gasteiger partial charge < -0.3 is 47.8 Å². The maximum Gasteiger partial charge on any atom is 0.446 e. The third-order valence-corrected chi connectivity index (χ3v) is 11.2. The van der Waals surface area contributed by atoms with Gasteiger partial charge in [-0.15, -0.1) is 0 Å². The SMILES string of the molecule is O=C1C(c2ccc(O)c(O)c2)=c2c(c3c(n2CCc2ccc(O)cc2)=C(c2ccc(O)c(OS(=O)(=O)O)c2)C(=O)c2cc(O)c(OS(=O)(=O)O)cc2-3)-c2cc(OS(=O)(=O)O)c(O)cc21. The molecule has 6 aromatic rings. The molecule has 2 aliphatic rings. The quantitative estimate of drug-likeness (QED) is 0.0666. The van der Waals surface area contributed by atoms with Gasteiger partial charge in [-0.2, -0.15) is 25.3 Å². The van der Waals surface area contributed by atoms with Crippen LogP contribution >= 0.6 is 0 Å². The molecule has 24 heteroatoms. The number of rotatable bonds is 11. The average Bonchev–Trinajstić information content (AvgIpc) is 3.51. The second kappa shape index (κ2) is 15.0. The number of ketones is 2. The first kappa shape index (κ1) is 43.1. The van der Waals surface area contributed by atoms with E-state index in [2.05, 4.69) is 12.5 Å². The van der Waals surface area contributed by atoms with Crippen molar-refractivity contribution in [3.8, 4) is 74.0 Å². The van der Waals surface area contributed by atoms with Crippen LogP contribution in [0.4, 0.5) is 0 Å². The number of fused-ring (bicyclic) bond motifs is 7. The predicted octanol–water partition coefficient (Wildman–Crippen LogP) is 2.63. The summed E-state index contributed by atoms with van der Waals surface area (Å²) in [4.78, 5) is 30.0. The number of phenolic OH excluding ortho intramolecular Hbond substituents is 6. The highest BCUT2D eigenvalue weighted by Gasteiger charge is 2.39. The maximum atomic E-state index is 15.0. The molecule has 330 valence electrons. The molecule has 0 saturated heterocycles. The van der Waals surface area contributed by atoms with Crippen LogP contribution in [0.1, 0.15) is 37.4 Å². The Bertz CT molecular complexity index is 3540. The van der Waals surface area contributed by atoms with Gasteiger partial charge in [-0.05, 0) is 94.9 Å². The lowest BCUT2D eigenvalue weighted by Crippen LogP contribution is -2.36. The summed E-state index contributed by atoms with van der Waals surface area (Å²) in [7, 11) is -16.1. The van der Waals surface area contributed by atoms with E-state index in [1.807, 2.05) is 0 Å². The fourth-order valence-electron chi connectivity index (χ4n) is 7.63. The fraction of sp³-hybridized carbons (Fsp3) is 0.0500. The molecule has 0 amide bonds. The summed E-state index contributed by atoms with van der Waals surface area (Å²) < 4.78 is 116. The molecule has 0 spiro atoms. The lowest BCUT2D eigenvalue weighted by atomic mass is 9.79. The van der Waals surface area contributed by atoms with Crippen molar-refractivity contribution >= 4 is 53.9 Å². The average molecular weight is 938 g/mol. The molecule has 0 atom stereocenters. The van der Waals surface area contributed by atoms with Gasteiger partial charge in [0.15, 0.2) is 57.6 Å². The number of aromatic hydroxyl groups is 6. The molecule has 0 unspecified atom stereocenters. The lowest BCUT2D eigenvalue weighted by Gasteiger charge is -2.22. The summed E-state index contributed by atoms with van der Waals surface area (Å²) in [6.07, 6.45) is 0.00338. The Morgan fingerprint density at radius 2 is 0.875 bits per heavy atom. The maximum absolute atomic E-state index is 15.0. The molecule has 0 saturated carbocycles. The Kier molecular flexibility index (Phi) is 10.1. The summed E-state index contributed by atoms with van der Waals surface area (Å²) >= 11 is 0. The largest absolute Gasteiger partial charge is 0.508 e. The van der Waals surface area contributed by atoms with Crippen molar-refractivity contribution in [3.63, 3.8) is 0 Å². The van der Waals surface area contributed by atoms with Crippen LogP contribution in [0.15, 0.2) is 84.9 Å². The first-order valence-electron chi connectivity index (χ1n) is 17.9. The van der Waals surface area contributed by atoms with Crippen LogP contribution in [0.2, 0.25) is 0 Å². The Labute approximate surface area is 359 Å². The minimum atomic E-state index is -5.38. The molecule has 0 radical (unpaired) electrons. The molecule has 0 aliphatic heterocycles. The molecular weight excluding hydrogens is 911 g/mol. The Balaban J connectivity index is 1.66. The zero-order valence-corrected chi connectivity index (χ0v) is 34.1. The van der Waals surface area contributed by atoms with Crippen molar-refractivity contribution in [1.82, 2.24) is 4.57 Å². The first-order chi connectivity index (χ1) is 29.9. The van der Waals surface area contributed by atoms with Crippen LogP contribution in [0.5, 0.6) is 51.7 Å². The van der Waals surface area contributed by atoms with E-state index in [0.717, 1.165) is 54.6 Å². The Morgan fingerprint density at radius 1 is 0.453 bits per heavy atom. The van der Waals surface area contributed by atoms with E-state index in [4.69, 9.17) is 0 Å². The van der Waals surface area contributed by atoms with Crippen LogP contribution < -0.4 is 23.2 Å². The van der Waals surface area contributed by atoms with Crippen molar-refractivity contribution in [1.29, 1.82) is 0 Å². The summed E-state index contributed by atoms with van der Waals surface area (Å²) in [5, 5.41) is 63.1. The Morgan fingerprint density at radius 3 is 1.31 bits per heavy atom. The predicted molar refractivity (Wildman–Crippen MR) is 218 cm³/mol. The summed E-state index contributed by atoms with van der Waals surface area (Å²) in [5.41, 5.74) is -2.33. The highest BCUT2D eigenvalue weighted by Crippen LogP contribution is 2.47. The zero-order valence-electron chi connectivity index (χ0n) is 31.7. The smallest absolute Gasteiger partial charge is 0.446 e. The van der Waals surface area contributed by atoms with Crippen LogP contribution in [0.3, 0.4) is 0 Å². The number of benzene rings is 5. The van der Waals surface area contributed by atoms with E-state index < -0.39 is 105 Å². The Hall–Kier alpha value is -7.61. The van der Waals surface area contributed by atoms with E-state index in [-0.39, 0.29) is 68.4 Å². The standard InChI is InChI=1S/C40H27NO20S3/c42-20-5-1-17(2-6-20)9-10-41-37-33(18-3-7-25(43)27(45)11-18)39(48)23-13-28(46)31(60-63(53,54)55)15-21(23)35(37)36-22-16-32(61-64(56,57)58)29(47)14-24(22)40(49)34(38(36)41)19-4-8-26(44)30(12-19)59-62(50,51)52/h1-8,11-16,42-47H,9-10H2,(H,50,51,52)(H,53,54,55)(H,56,57,58). The van der Waals surface area contributed by atoms with E-state index in [1.54, 1.807) is 0 Å². The van der Waals surface area contributed by atoms with E-state index in [9.17, 15) is 74.3 Å². The van der Waals surface area contributed by atoms with Gasteiger partial charge in [-0.1, -0.05) is 24.3 Å². The second-order valence-electron chi connectivity index (χ2n) is 14.1. The van der Waals surface area contributed by atoms with Gasteiger partial charge in [-0.25, -0.2) is 0 Å². The second-order valence-corrected chi connectivity index (χ2v) is 17.1. The number of phenols is 6. The molecule has 0 bridgehead atoms. The molecule has 2 aliphatic carbocycles. The molecular formula is C40H27NO20S3. The number of Topliss-reactive ketones (excluding diaryl/α,β-unsaturated/α-hetero) is 2. The van der Waals surface area contributed by atoms with Crippen LogP contribution in [0.25, 0.3) is 33.4 Å². The highest BCUT2D eigenvalue weighted by atomic mass is 32.3. The van der Waals surface area contributed by atoms with Crippen molar-refractivity contribution in [2.45, 2.75) is 13.0 Å². The molecule has 0 fully saturated rings. The third kappa shape index (κ3) is 7.87. The molecule has 64 heavy (non-hydrogen) atoms. The van der Waals surface area contributed by atoms with Crippen molar-refractivity contribution in [2.24, 2.45) is 0 Å². The van der Waals surface area contributed by atoms with E-state index in [0.29, 0.717) is 5.56 Å². The number of carbonyl (C=O) groups is 2. The zero-order chi connectivity index (χ0) is 46.4. The van der Waals surface area contributed by atoms with Gasteiger partial charge in [0.05, 0.1) is 21.8 Å². The molecule has 1 heterocycles. The number of carbonyl (C=O) groups excluding carboxylic acids is 2. The number of nitrogens with zero attached hydrogens (tertiary/aromatic N) is 1. The minimum Gasteiger partial charge on any atom is -0.508 e. The van der Waals surface area contributed by atoms with Gasteiger partial charge in [0.25, 0.3) is 0 Å². The summed E-state index contributed by atoms with van der Waals surface area (Å²) in [6, 6.07) is 15.1. The normalized spacial score (nSPS) is 13.5. The molecule has 1 aromatic heterocycles. The van der Waals surface area contributed by atoms with Crippen molar-refractivity contribution in [3.05, 3.63) is 123 Å². The molecule has 9 N–H and O–H groups in total. The van der Waals surface area contributed by atoms with E-state index >= 15 is 4.79 Å². The number of hydrogen-bond donors (Lipinski definition) is 9. The van der Waals surface area contributed by atoms with Crippen LogP contribution in [-0.2, 0) is 44.2 Å². The van der Waals surface area contributed by atoms with Crippen molar-refractivity contribution < 1.29 is 91.7 Å². The summed E-state index contributed by atoms with van der Waals surface area (Å²) in [6.45, 7) is -0.254. The highest BCUT2D eigenvalue weighted by molar-refractivity contribution is 7.81. The first-order valence-corrected chi connectivity index (χ1v) is 22.0. The minimum absolute atomic E-state index is 0.00338. The summed E-state index contributed by atoms with van der Waals surface area (Å²) in [5.74, 6) is -9.02. The number of aryl methyl sites for hydroxylation is 1. The monoisotopic (exact) mass is 937 g/mol. The van der Waals surface area contributed by atoms with Gasteiger partial charge in [0.1, 0.15) is 5.75 Å². The van der Waals surface area contributed by atoms with Crippen LogP contribution in [-0.4, -0.2) is 85.7 Å². The van der Waals surface area contributed by atoms with E-state index in [1.165, 1.54) is 34.9 Å². The van der Waals surface area contributed by atoms with Gasteiger partial charge in [0, 0.05) is 28.8 Å². The van der Waals surface area contributed by atoms with Crippen molar-refractivity contribution in [2.75, 3.05) is 0 Å². The molecule has 8 rings (SSSR count). The van der Waals surface area contributed by atoms with Gasteiger partial charge in [0.2, 0.25) is 0 Å². The number of aromatic nitrogens is 1. The number of hydrogen-bond acceptors (Lipinski definition) is 17. The van der Waals surface area contributed by atoms with Gasteiger partial charge >= 0.3 is 31.2 Å². The molecule has 5 aromatic carbocycles. The van der Waals surface area contributed by atoms with Gasteiger partial charge in [-0.3, -0.25) is 23.2 Å². The van der Waals surface area contributed by atoms with Crippen LogP contribution in [0, 0.1) is 0 Å².